The van der Waals surface area contributed by atoms with Crippen molar-refractivity contribution in [3.8, 4) is 11.4 Å². The molecule has 1 aromatic heterocycles. The van der Waals surface area contributed by atoms with Crippen LogP contribution in [0.2, 0.25) is 5.02 Å². The van der Waals surface area contributed by atoms with E-state index in [1.807, 2.05) is 24.3 Å². The molecule has 0 radical (unpaired) electrons. The summed E-state index contributed by atoms with van der Waals surface area (Å²) in [6.45, 7) is 5.76. The Bertz CT molecular complexity index is 778. The van der Waals surface area contributed by atoms with Crippen LogP contribution in [0.25, 0.3) is 11.4 Å². The number of halogens is 1. The number of likely N-dealkylation sites (tertiary alicyclic amines) is 1. The molecule has 0 saturated carbocycles. The summed E-state index contributed by atoms with van der Waals surface area (Å²) in [6, 6.07) is 8.11. The Kier molecular flexibility index (Phi) is 7.68. The Labute approximate surface area is 171 Å². The van der Waals surface area contributed by atoms with Crippen LogP contribution in [0.15, 0.2) is 33.8 Å². The van der Waals surface area contributed by atoms with E-state index in [9.17, 15) is 0 Å². The number of guanidine groups is 1. The second-order valence-corrected chi connectivity index (χ2v) is 7.40. The normalized spacial score (nSPS) is 18.2. The van der Waals surface area contributed by atoms with E-state index in [1.165, 1.54) is 32.2 Å². The Balaban J connectivity index is 1.45. The molecule has 2 N–H and O–H groups in total. The minimum absolute atomic E-state index is 0.411. The van der Waals surface area contributed by atoms with Gasteiger partial charge >= 0.3 is 0 Å². The van der Waals surface area contributed by atoms with Crippen molar-refractivity contribution in [1.82, 2.24) is 25.7 Å². The molecule has 1 saturated heterocycles. The maximum atomic E-state index is 6.02. The largest absolute Gasteiger partial charge is 0.355 e. The van der Waals surface area contributed by atoms with E-state index >= 15 is 0 Å². The zero-order valence-corrected chi connectivity index (χ0v) is 17.4. The van der Waals surface area contributed by atoms with Gasteiger partial charge in [0.05, 0.1) is 6.54 Å². The van der Waals surface area contributed by atoms with Gasteiger partial charge in [0.25, 0.3) is 0 Å². The molecule has 1 aliphatic rings. The van der Waals surface area contributed by atoms with Gasteiger partial charge in [0, 0.05) is 36.8 Å². The van der Waals surface area contributed by atoms with E-state index in [4.69, 9.17) is 16.1 Å². The number of nitrogens with zero attached hydrogens (tertiary/aromatic N) is 4. The zero-order chi connectivity index (χ0) is 19.8. The number of hydrogen-bond acceptors (Lipinski definition) is 5. The smallest absolute Gasteiger partial charge is 0.246 e. The van der Waals surface area contributed by atoms with Crippen molar-refractivity contribution in [3.05, 3.63) is 35.2 Å². The van der Waals surface area contributed by atoms with Gasteiger partial charge in [-0.25, -0.2) is 0 Å². The number of hydrogen-bond donors (Lipinski definition) is 2. The lowest BCUT2D eigenvalue weighted by Crippen LogP contribution is -2.45. The molecule has 1 atom stereocenters. The van der Waals surface area contributed by atoms with E-state index in [-0.39, 0.29) is 0 Å². The number of aromatic nitrogens is 2. The van der Waals surface area contributed by atoms with Gasteiger partial charge in [-0.2, -0.15) is 4.98 Å². The van der Waals surface area contributed by atoms with Crippen molar-refractivity contribution in [2.45, 2.75) is 45.2 Å². The van der Waals surface area contributed by atoms with Crippen LogP contribution in [-0.4, -0.2) is 53.7 Å². The van der Waals surface area contributed by atoms with Gasteiger partial charge in [-0.1, -0.05) is 42.2 Å². The molecule has 7 nitrogen and oxygen atoms in total. The molecule has 0 amide bonds. The molecule has 1 fully saturated rings. The van der Waals surface area contributed by atoms with E-state index in [0.29, 0.717) is 29.3 Å². The van der Waals surface area contributed by atoms with Crippen LogP contribution in [0.5, 0.6) is 0 Å². The maximum absolute atomic E-state index is 6.02. The fourth-order valence-corrected chi connectivity index (χ4v) is 3.78. The zero-order valence-electron chi connectivity index (χ0n) is 16.6. The van der Waals surface area contributed by atoms with E-state index in [2.05, 4.69) is 37.6 Å². The number of piperidine rings is 1. The molecule has 0 spiro atoms. The number of rotatable bonds is 7. The van der Waals surface area contributed by atoms with Gasteiger partial charge in [0.15, 0.2) is 5.96 Å². The first-order valence-electron chi connectivity index (χ1n) is 9.96. The number of aliphatic imine (C=N–C) groups is 1. The van der Waals surface area contributed by atoms with Gasteiger partial charge in [-0.3, -0.25) is 9.89 Å². The van der Waals surface area contributed by atoms with Gasteiger partial charge in [-0.15, -0.1) is 0 Å². The fourth-order valence-electron chi connectivity index (χ4n) is 3.59. The molecule has 3 rings (SSSR count). The van der Waals surface area contributed by atoms with Gasteiger partial charge in [0.2, 0.25) is 11.7 Å². The number of benzene rings is 1. The summed E-state index contributed by atoms with van der Waals surface area (Å²) in [7, 11) is 1.76. The third-order valence-corrected chi connectivity index (χ3v) is 5.33. The monoisotopic (exact) mass is 404 g/mol. The van der Waals surface area contributed by atoms with Crippen molar-refractivity contribution in [1.29, 1.82) is 0 Å². The van der Waals surface area contributed by atoms with Crippen molar-refractivity contribution < 1.29 is 4.52 Å². The third kappa shape index (κ3) is 5.69. The Hall–Kier alpha value is -2.12. The first kappa shape index (κ1) is 20.6. The Morgan fingerprint density at radius 1 is 1.36 bits per heavy atom. The predicted molar refractivity (Wildman–Crippen MR) is 112 cm³/mol. The lowest BCUT2D eigenvalue weighted by Gasteiger charge is -2.35. The summed E-state index contributed by atoms with van der Waals surface area (Å²) in [5, 5.41) is 11.3. The maximum Gasteiger partial charge on any atom is 0.246 e. The molecule has 1 unspecified atom stereocenters. The highest BCUT2D eigenvalue weighted by Crippen LogP contribution is 2.20. The van der Waals surface area contributed by atoms with Crippen LogP contribution in [0.3, 0.4) is 0 Å². The SMILES string of the molecule is CCC1CCCCN1CCNC(=NC)NCc1nc(-c2cccc(Cl)c2)no1. The summed E-state index contributed by atoms with van der Waals surface area (Å²) >= 11 is 6.02. The molecule has 152 valence electrons. The first-order chi connectivity index (χ1) is 13.7. The first-order valence-corrected chi connectivity index (χ1v) is 10.3. The highest BCUT2D eigenvalue weighted by atomic mass is 35.5. The average Bonchev–Trinajstić information content (AvgIpc) is 3.20. The van der Waals surface area contributed by atoms with Crippen LogP contribution in [0, 0.1) is 0 Å². The molecule has 1 aliphatic heterocycles. The highest BCUT2D eigenvalue weighted by Gasteiger charge is 2.20. The van der Waals surface area contributed by atoms with Gasteiger partial charge in [0.1, 0.15) is 0 Å². The predicted octanol–water partition coefficient (Wildman–Crippen LogP) is 3.32. The highest BCUT2D eigenvalue weighted by molar-refractivity contribution is 6.30. The van der Waals surface area contributed by atoms with Crippen molar-refractivity contribution >= 4 is 17.6 Å². The summed E-state index contributed by atoms with van der Waals surface area (Å²) in [6.07, 6.45) is 5.19. The molecule has 8 heteroatoms. The Morgan fingerprint density at radius 2 is 2.25 bits per heavy atom. The van der Waals surface area contributed by atoms with Crippen LogP contribution < -0.4 is 10.6 Å². The van der Waals surface area contributed by atoms with Crippen LogP contribution in [0.4, 0.5) is 0 Å². The molecular weight excluding hydrogens is 376 g/mol. The van der Waals surface area contributed by atoms with Crippen molar-refractivity contribution in [3.63, 3.8) is 0 Å². The summed E-state index contributed by atoms with van der Waals surface area (Å²) < 4.78 is 5.32. The summed E-state index contributed by atoms with van der Waals surface area (Å²) in [4.78, 5) is 11.3. The molecule has 0 bridgehead atoms. The lowest BCUT2D eigenvalue weighted by molar-refractivity contribution is 0.147. The average molecular weight is 405 g/mol. The topological polar surface area (TPSA) is 78.6 Å². The molecular formula is C20H29ClN6O. The van der Waals surface area contributed by atoms with E-state index in [0.717, 1.165) is 24.6 Å². The van der Waals surface area contributed by atoms with Crippen molar-refractivity contribution in [2.24, 2.45) is 4.99 Å². The molecule has 2 aromatic rings. The van der Waals surface area contributed by atoms with Crippen LogP contribution >= 0.6 is 11.6 Å². The van der Waals surface area contributed by atoms with E-state index in [1.54, 1.807) is 7.05 Å². The molecule has 2 heterocycles. The minimum Gasteiger partial charge on any atom is -0.355 e. The van der Waals surface area contributed by atoms with E-state index < -0.39 is 0 Å². The fraction of sp³-hybridized carbons (Fsp3) is 0.550. The van der Waals surface area contributed by atoms with Crippen molar-refractivity contribution in [2.75, 3.05) is 26.7 Å². The standard InChI is InChI=1S/C20H29ClN6O/c1-3-17-9-4-5-11-27(17)12-10-23-20(22-2)24-14-18-25-19(26-28-18)15-7-6-8-16(21)13-15/h6-8,13,17H,3-5,9-12,14H2,1-2H3,(H2,22,23,24). The van der Waals surface area contributed by atoms with Crippen LogP contribution in [-0.2, 0) is 6.54 Å². The summed E-state index contributed by atoms with van der Waals surface area (Å²) in [5.74, 6) is 1.76. The van der Waals surface area contributed by atoms with Gasteiger partial charge in [-0.05, 0) is 37.9 Å². The second kappa shape index (κ2) is 10.4. The quantitative estimate of drug-likeness (QED) is 0.544. The second-order valence-electron chi connectivity index (χ2n) is 6.97. The summed E-state index contributed by atoms with van der Waals surface area (Å²) in [5.41, 5.74) is 0.831. The third-order valence-electron chi connectivity index (χ3n) is 5.09. The van der Waals surface area contributed by atoms with Crippen LogP contribution in [0.1, 0.15) is 38.5 Å². The molecule has 0 aliphatic carbocycles. The Morgan fingerprint density at radius 3 is 3.04 bits per heavy atom. The molecule has 28 heavy (non-hydrogen) atoms. The lowest BCUT2D eigenvalue weighted by atomic mass is 10.0. The minimum atomic E-state index is 0.411. The molecule has 1 aromatic carbocycles. The van der Waals surface area contributed by atoms with Gasteiger partial charge < -0.3 is 15.2 Å². The number of nitrogens with one attached hydrogen (secondary N) is 2.